The summed E-state index contributed by atoms with van der Waals surface area (Å²) in [6, 6.07) is 0. The SMILES string of the molecule is CC1=C2NCCCC2CC1. The van der Waals surface area contributed by atoms with Crippen LogP contribution in [-0.2, 0) is 0 Å². The molecule has 0 aromatic heterocycles. The Kier molecular flexibility index (Phi) is 1.44. The number of piperidine rings is 1. The Labute approximate surface area is 62.5 Å². The van der Waals surface area contributed by atoms with E-state index in [0.717, 1.165) is 5.92 Å². The molecule has 1 aliphatic carbocycles. The predicted molar refractivity (Wildman–Crippen MR) is 42.7 cm³/mol. The average Bonchev–Trinajstić information content (AvgIpc) is 2.34. The first kappa shape index (κ1) is 6.26. The number of fused-ring (bicyclic) bond motifs is 1. The Balaban J connectivity index is 2.18. The molecule has 1 N–H and O–H groups in total. The summed E-state index contributed by atoms with van der Waals surface area (Å²) < 4.78 is 0. The predicted octanol–water partition coefficient (Wildman–Crippen LogP) is 2.05. The monoisotopic (exact) mass is 137 g/mol. The zero-order valence-electron chi connectivity index (χ0n) is 6.61. The van der Waals surface area contributed by atoms with Gasteiger partial charge in [0.1, 0.15) is 0 Å². The highest BCUT2D eigenvalue weighted by Crippen LogP contribution is 2.34. The van der Waals surface area contributed by atoms with Gasteiger partial charge in [0.25, 0.3) is 0 Å². The lowest BCUT2D eigenvalue weighted by Crippen LogP contribution is -2.25. The van der Waals surface area contributed by atoms with Gasteiger partial charge in [-0.1, -0.05) is 5.57 Å². The van der Waals surface area contributed by atoms with Gasteiger partial charge < -0.3 is 5.32 Å². The van der Waals surface area contributed by atoms with Crippen molar-refractivity contribution < 1.29 is 0 Å². The molecule has 1 fully saturated rings. The minimum Gasteiger partial charge on any atom is -0.388 e. The average molecular weight is 137 g/mol. The Bertz CT molecular complexity index is 170. The Hall–Kier alpha value is -0.460. The van der Waals surface area contributed by atoms with Crippen molar-refractivity contribution in [1.29, 1.82) is 0 Å². The fraction of sp³-hybridized carbons (Fsp3) is 0.778. The van der Waals surface area contributed by atoms with Crippen molar-refractivity contribution in [2.75, 3.05) is 6.54 Å². The van der Waals surface area contributed by atoms with E-state index in [1.165, 1.54) is 32.2 Å². The summed E-state index contributed by atoms with van der Waals surface area (Å²) in [4.78, 5) is 0. The molecule has 0 aromatic carbocycles. The maximum atomic E-state index is 3.51. The highest BCUT2D eigenvalue weighted by Gasteiger charge is 2.24. The first-order chi connectivity index (χ1) is 4.88. The molecule has 0 aromatic rings. The fourth-order valence-electron chi connectivity index (χ4n) is 2.17. The van der Waals surface area contributed by atoms with Gasteiger partial charge in [0, 0.05) is 12.2 Å². The van der Waals surface area contributed by atoms with Crippen molar-refractivity contribution in [3.63, 3.8) is 0 Å². The maximum Gasteiger partial charge on any atom is 0.0144 e. The Morgan fingerprint density at radius 2 is 2.30 bits per heavy atom. The zero-order valence-corrected chi connectivity index (χ0v) is 6.61. The molecule has 10 heavy (non-hydrogen) atoms. The lowest BCUT2D eigenvalue weighted by atomic mass is 9.97. The van der Waals surface area contributed by atoms with Gasteiger partial charge in [-0.3, -0.25) is 0 Å². The number of allylic oxidation sites excluding steroid dienone is 2. The molecular weight excluding hydrogens is 122 g/mol. The standard InChI is InChI=1S/C9H15N/c1-7-4-5-8-3-2-6-10-9(7)8/h8,10H,2-6H2,1H3. The molecule has 1 aliphatic heterocycles. The van der Waals surface area contributed by atoms with E-state index in [1.807, 2.05) is 0 Å². The van der Waals surface area contributed by atoms with Gasteiger partial charge in [-0.25, -0.2) is 0 Å². The second-order valence-corrected chi connectivity index (χ2v) is 3.50. The van der Waals surface area contributed by atoms with Crippen LogP contribution in [0.15, 0.2) is 11.3 Å². The van der Waals surface area contributed by atoms with Crippen molar-refractivity contribution in [2.24, 2.45) is 5.92 Å². The molecule has 1 nitrogen and oxygen atoms in total. The maximum absolute atomic E-state index is 3.51. The number of nitrogens with one attached hydrogen (secondary N) is 1. The van der Waals surface area contributed by atoms with Crippen LogP contribution in [0, 0.1) is 5.92 Å². The van der Waals surface area contributed by atoms with Gasteiger partial charge in [-0.05, 0) is 38.5 Å². The topological polar surface area (TPSA) is 12.0 Å². The van der Waals surface area contributed by atoms with Crippen molar-refractivity contribution in [1.82, 2.24) is 5.32 Å². The summed E-state index contributed by atoms with van der Waals surface area (Å²) in [6.45, 7) is 3.48. The summed E-state index contributed by atoms with van der Waals surface area (Å²) in [5.41, 5.74) is 3.20. The van der Waals surface area contributed by atoms with Crippen LogP contribution in [0.25, 0.3) is 0 Å². The normalized spacial score (nSPS) is 31.9. The molecule has 2 rings (SSSR count). The fourth-order valence-corrected chi connectivity index (χ4v) is 2.17. The third-order valence-corrected chi connectivity index (χ3v) is 2.78. The van der Waals surface area contributed by atoms with Gasteiger partial charge in [-0.2, -0.15) is 0 Å². The molecule has 56 valence electrons. The largest absolute Gasteiger partial charge is 0.388 e. The summed E-state index contributed by atoms with van der Waals surface area (Å²) >= 11 is 0. The van der Waals surface area contributed by atoms with Crippen LogP contribution in [-0.4, -0.2) is 6.54 Å². The number of rotatable bonds is 0. The molecular formula is C9H15N. The van der Waals surface area contributed by atoms with Crippen molar-refractivity contribution >= 4 is 0 Å². The van der Waals surface area contributed by atoms with Crippen LogP contribution in [0.5, 0.6) is 0 Å². The lowest BCUT2D eigenvalue weighted by Gasteiger charge is -2.22. The van der Waals surface area contributed by atoms with E-state index in [2.05, 4.69) is 12.2 Å². The summed E-state index contributed by atoms with van der Waals surface area (Å²) in [5, 5.41) is 3.51. The highest BCUT2D eigenvalue weighted by molar-refractivity contribution is 5.20. The first-order valence-corrected chi connectivity index (χ1v) is 4.31. The van der Waals surface area contributed by atoms with Crippen LogP contribution in [0.4, 0.5) is 0 Å². The minimum absolute atomic E-state index is 0.911. The molecule has 0 amide bonds. The molecule has 1 unspecified atom stereocenters. The molecule has 1 heteroatoms. The number of hydrogen-bond acceptors (Lipinski definition) is 1. The van der Waals surface area contributed by atoms with Crippen molar-refractivity contribution in [3.05, 3.63) is 11.3 Å². The van der Waals surface area contributed by atoms with Crippen LogP contribution < -0.4 is 5.32 Å². The minimum atomic E-state index is 0.911. The van der Waals surface area contributed by atoms with E-state index in [-0.39, 0.29) is 0 Å². The van der Waals surface area contributed by atoms with Crippen molar-refractivity contribution in [3.8, 4) is 0 Å². The van der Waals surface area contributed by atoms with E-state index in [0.29, 0.717) is 0 Å². The third-order valence-electron chi connectivity index (χ3n) is 2.78. The smallest absolute Gasteiger partial charge is 0.0144 e. The lowest BCUT2D eigenvalue weighted by molar-refractivity contribution is 0.448. The van der Waals surface area contributed by atoms with Gasteiger partial charge in [-0.15, -0.1) is 0 Å². The first-order valence-electron chi connectivity index (χ1n) is 4.31. The summed E-state index contributed by atoms with van der Waals surface area (Å²) in [5.74, 6) is 0.911. The van der Waals surface area contributed by atoms with E-state index in [4.69, 9.17) is 0 Å². The third kappa shape index (κ3) is 0.845. The van der Waals surface area contributed by atoms with Crippen LogP contribution in [0.3, 0.4) is 0 Å². The van der Waals surface area contributed by atoms with Crippen LogP contribution in [0.2, 0.25) is 0 Å². The molecule has 0 saturated carbocycles. The van der Waals surface area contributed by atoms with Crippen LogP contribution >= 0.6 is 0 Å². The van der Waals surface area contributed by atoms with E-state index in [9.17, 15) is 0 Å². The highest BCUT2D eigenvalue weighted by atomic mass is 14.9. The summed E-state index contributed by atoms with van der Waals surface area (Å²) in [7, 11) is 0. The van der Waals surface area contributed by atoms with Crippen LogP contribution in [0.1, 0.15) is 32.6 Å². The Morgan fingerprint density at radius 3 is 3.10 bits per heavy atom. The second-order valence-electron chi connectivity index (χ2n) is 3.50. The molecule has 2 aliphatic rings. The van der Waals surface area contributed by atoms with E-state index >= 15 is 0 Å². The second kappa shape index (κ2) is 2.30. The molecule has 1 atom stereocenters. The molecule has 1 heterocycles. The quantitative estimate of drug-likeness (QED) is 0.539. The Morgan fingerprint density at radius 1 is 1.40 bits per heavy atom. The van der Waals surface area contributed by atoms with Gasteiger partial charge in [0.15, 0.2) is 0 Å². The summed E-state index contributed by atoms with van der Waals surface area (Å²) in [6.07, 6.45) is 5.56. The molecule has 0 radical (unpaired) electrons. The van der Waals surface area contributed by atoms with E-state index < -0.39 is 0 Å². The van der Waals surface area contributed by atoms with Crippen molar-refractivity contribution in [2.45, 2.75) is 32.6 Å². The van der Waals surface area contributed by atoms with Gasteiger partial charge in [0.05, 0.1) is 0 Å². The molecule has 0 spiro atoms. The van der Waals surface area contributed by atoms with Gasteiger partial charge >= 0.3 is 0 Å². The molecule has 1 saturated heterocycles. The van der Waals surface area contributed by atoms with E-state index in [1.54, 1.807) is 11.3 Å². The number of hydrogen-bond donors (Lipinski definition) is 1. The van der Waals surface area contributed by atoms with Gasteiger partial charge in [0.2, 0.25) is 0 Å². The molecule has 0 bridgehead atoms. The zero-order chi connectivity index (χ0) is 6.97.